The van der Waals surface area contributed by atoms with Crippen molar-refractivity contribution in [3.05, 3.63) is 81.1 Å². The molecule has 0 bridgehead atoms. The van der Waals surface area contributed by atoms with Crippen LogP contribution in [-0.2, 0) is 13.2 Å². The summed E-state index contributed by atoms with van der Waals surface area (Å²) in [5.41, 5.74) is 2.61. The third-order valence-corrected chi connectivity index (χ3v) is 4.87. The predicted octanol–water partition coefficient (Wildman–Crippen LogP) is 5.51. The highest BCUT2D eigenvalue weighted by molar-refractivity contribution is 6.48. The number of nitrogens with zero attached hydrogens (tertiary/aromatic N) is 1. The van der Waals surface area contributed by atoms with Crippen molar-refractivity contribution in [1.29, 1.82) is 0 Å². The maximum atomic E-state index is 9.57. The summed E-state index contributed by atoms with van der Waals surface area (Å²) < 4.78 is 7.75. The van der Waals surface area contributed by atoms with Crippen LogP contribution in [0.2, 0.25) is 15.1 Å². The molecule has 0 aliphatic carbocycles. The zero-order chi connectivity index (χ0) is 17.1. The van der Waals surface area contributed by atoms with Gasteiger partial charge >= 0.3 is 0 Å². The minimum atomic E-state index is -0.0670. The highest BCUT2D eigenvalue weighted by Crippen LogP contribution is 2.37. The van der Waals surface area contributed by atoms with Crippen molar-refractivity contribution in [3.8, 4) is 11.4 Å². The van der Waals surface area contributed by atoms with Gasteiger partial charge in [0.15, 0.2) is 0 Å². The Bertz CT molecular complexity index is 847. The number of ether oxygens (including phenoxy) is 1. The third-order valence-electron chi connectivity index (χ3n) is 3.59. The van der Waals surface area contributed by atoms with Crippen LogP contribution < -0.4 is 4.74 Å². The van der Waals surface area contributed by atoms with Gasteiger partial charge in [-0.1, -0.05) is 53.0 Å². The molecule has 0 amide bonds. The molecule has 0 atom stereocenters. The first-order valence-electron chi connectivity index (χ1n) is 7.24. The number of aromatic nitrogens is 1. The van der Waals surface area contributed by atoms with E-state index in [2.05, 4.69) is 0 Å². The highest BCUT2D eigenvalue weighted by Gasteiger charge is 2.13. The largest absolute Gasteiger partial charge is 0.486 e. The average molecular weight is 383 g/mol. The standard InChI is InChI=1S/C18H14Cl3NO2/c19-15-8-9-16(18(21)17(15)20)24-11-14-7-6-13(10-23)22(14)12-4-2-1-3-5-12/h1-9,23H,10-11H2. The van der Waals surface area contributed by atoms with E-state index in [-0.39, 0.29) is 23.3 Å². The lowest BCUT2D eigenvalue weighted by Gasteiger charge is -2.14. The fourth-order valence-corrected chi connectivity index (χ4v) is 3.02. The second kappa shape index (κ2) is 7.49. The fraction of sp³-hybridized carbons (Fsp3) is 0.111. The van der Waals surface area contributed by atoms with Crippen molar-refractivity contribution in [2.24, 2.45) is 0 Å². The van der Waals surface area contributed by atoms with Crippen LogP contribution >= 0.6 is 34.8 Å². The lowest BCUT2D eigenvalue weighted by molar-refractivity contribution is 0.270. The van der Waals surface area contributed by atoms with Crippen LogP contribution in [0.5, 0.6) is 5.75 Å². The van der Waals surface area contributed by atoms with Gasteiger partial charge in [0.2, 0.25) is 0 Å². The molecule has 0 spiro atoms. The van der Waals surface area contributed by atoms with Crippen LogP contribution in [0.3, 0.4) is 0 Å². The maximum absolute atomic E-state index is 9.57. The van der Waals surface area contributed by atoms with Gasteiger partial charge in [0, 0.05) is 11.4 Å². The van der Waals surface area contributed by atoms with Crippen LogP contribution in [0.15, 0.2) is 54.6 Å². The summed E-state index contributed by atoms with van der Waals surface area (Å²) in [4.78, 5) is 0. The van der Waals surface area contributed by atoms with Crippen molar-refractivity contribution in [3.63, 3.8) is 0 Å². The quantitative estimate of drug-likeness (QED) is 0.590. The van der Waals surface area contributed by atoms with Gasteiger partial charge in [-0.15, -0.1) is 0 Å². The molecule has 3 rings (SSSR count). The average Bonchev–Trinajstić information content (AvgIpc) is 3.03. The normalized spacial score (nSPS) is 10.8. The highest BCUT2D eigenvalue weighted by atomic mass is 35.5. The smallest absolute Gasteiger partial charge is 0.140 e. The number of aliphatic hydroxyl groups is 1. The van der Waals surface area contributed by atoms with Crippen LogP contribution in [0.1, 0.15) is 11.4 Å². The van der Waals surface area contributed by atoms with E-state index in [0.717, 1.165) is 17.1 Å². The molecule has 24 heavy (non-hydrogen) atoms. The molecule has 0 saturated carbocycles. The topological polar surface area (TPSA) is 34.4 Å². The molecule has 2 aromatic carbocycles. The second-order valence-electron chi connectivity index (χ2n) is 5.11. The van der Waals surface area contributed by atoms with Crippen LogP contribution in [-0.4, -0.2) is 9.67 Å². The number of para-hydroxylation sites is 1. The number of aliphatic hydroxyl groups excluding tert-OH is 1. The zero-order valence-corrected chi connectivity index (χ0v) is 14.8. The minimum Gasteiger partial charge on any atom is -0.486 e. The zero-order valence-electron chi connectivity index (χ0n) is 12.5. The monoisotopic (exact) mass is 381 g/mol. The summed E-state index contributed by atoms with van der Waals surface area (Å²) in [5, 5.41) is 10.5. The SMILES string of the molecule is OCc1ccc(COc2ccc(Cl)c(Cl)c2Cl)n1-c1ccccc1. The van der Waals surface area contributed by atoms with E-state index < -0.39 is 0 Å². The number of hydrogen-bond donors (Lipinski definition) is 1. The fourth-order valence-electron chi connectivity index (χ4n) is 2.44. The van der Waals surface area contributed by atoms with E-state index in [9.17, 15) is 5.11 Å². The summed E-state index contributed by atoms with van der Waals surface area (Å²) in [7, 11) is 0. The Morgan fingerprint density at radius 2 is 1.54 bits per heavy atom. The molecule has 0 aliphatic heterocycles. The predicted molar refractivity (Wildman–Crippen MR) is 97.5 cm³/mol. The van der Waals surface area contributed by atoms with E-state index in [1.807, 2.05) is 47.0 Å². The van der Waals surface area contributed by atoms with Gasteiger partial charge in [-0.2, -0.15) is 0 Å². The molecular weight excluding hydrogens is 369 g/mol. The van der Waals surface area contributed by atoms with Crippen molar-refractivity contribution in [2.45, 2.75) is 13.2 Å². The Morgan fingerprint density at radius 3 is 2.25 bits per heavy atom. The minimum absolute atomic E-state index is 0.0670. The number of hydrogen-bond acceptors (Lipinski definition) is 2. The third kappa shape index (κ3) is 3.40. The van der Waals surface area contributed by atoms with Crippen LogP contribution in [0.25, 0.3) is 5.69 Å². The van der Waals surface area contributed by atoms with E-state index in [4.69, 9.17) is 39.5 Å². The summed E-state index contributed by atoms with van der Waals surface area (Å²) in [5.74, 6) is 0.456. The first kappa shape index (κ1) is 17.2. The van der Waals surface area contributed by atoms with Gasteiger partial charge in [-0.05, 0) is 36.4 Å². The summed E-state index contributed by atoms with van der Waals surface area (Å²) in [6.07, 6.45) is 0. The van der Waals surface area contributed by atoms with E-state index >= 15 is 0 Å². The van der Waals surface area contributed by atoms with Crippen molar-refractivity contribution in [2.75, 3.05) is 0 Å². The molecule has 124 valence electrons. The molecule has 0 saturated heterocycles. The molecular formula is C18H14Cl3NO2. The molecule has 1 aromatic heterocycles. The molecule has 6 heteroatoms. The van der Waals surface area contributed by atoms with Crippen molar-refractivity contribution in [1.82, 2.24) is 4.57 Å². The molecule has 0 fully saturated rings. The first-order valence-corrected chi connectivity index (χ1v) is 8.37. The molecule has 1 heterocycles. The molecule has 0 unspecified atom stereocenters. The summed E-state index contributed by atoms with van der Waals surface area (Å²) in [6.45, 7) is 0.203. The van der Waals surface area contributed by atoms with E-state index in [1.54, 1.807) is 12.1 Å². The Kier molecular flexibility index (Phi) is 5.36. The first-order chi connectivity index (χ1) is 11.6. The van der Waals surface area contributed by atoms with Gasteiger partial charge in [0.1, 0.15) is 17.4 Å². The van der Waals surface area contributed by atoms with E-state index in [1.165, 1.54) is 0 Å². The lowest BCUT2D eigenvalue weighted by Crippen LogP contribution is -2.07. The van der Waals surface area contributed by atoms with Gasteiger partial charge in [0.25, 0.3) is 0 Å². The van der Waals surface area contributed by atoms with Gasteiger partial charge in [-0.3, -0.25) is 0 Å². The Labute approximate surface area is 155 Å². The molecule has 3 nitrogen and oxygen atoms in total. The summed E-state index contributed by atoms with van der Waals surface area (Å²) >= 11 is 18.1. The van der Waals surface area contributed by atoms with Crippen molar-refractivity contribution < 1.29 is 9.84 Å². The Morgan fingerprint density at radius 1 is 0.833 bits per heavy atom. The van der Waals surface area contributed by atoms with E-state index in [0.29, 0.717) is 10.8 Å². The number of halogens is 3. The lowest BCUT2D eigenvalue weighted by atomic mass is 10.3. The van der Waals surface area contributed by atoms with Crippen LogP contribution in [0.4, 0.5) is 0 Å². The molecule has 1 N–H and O–H groups in total. The number of benzene rings is 2. The summed E-state index contributed by atoms with van der Waals surface area (Å²) in [6, 6.07) is 16.8. The van der Waals surface area contributed by atoms with Gasteiger partial charge < -0.3 is 14.4 Å². The van der Waals surface area contributed by atoms with Crippen LogP contribution in [0, 0.1) is 0 Å². The molecule has 0 radical (unpaired) electrons. The van der Waals surface area contributed by atoms with Gasteiger partial charge in [0.05, 0.1) is 22.3 Å². The number of rotatable bonds is 5. The molecule has 3 aromatic rings. The maximum Gasteiger partial charge on any atom is 0.140 e. The Hall–Kier alpha value is -1.65. The van der Waals surface area contributed by atoms with Crippen molar-refractivity contribution >= 4 is 34.8 Å². The second-order valence-corrected chi connectivity index (χ2v) is 6.27. The Balaban J connectivity index is 1.89. The van der Waals surface area contributed by atoms with Gasteiger partial charge in [-0.25, -0.2) is 0 Å². The molecule has 0 aliphatic rings.